The molecule has 0 saturated carbocycles. The van der Waals surface area contributed by atoms with E-state index in [1.54, 1.807) is 33.2 Å². The van der Waals surface area contributed by atoms with Crippen LogP contribution >= 0.6 is 0 Å². The van der Waals surface area contributed by atoms with E-state index in [0.29, 0.717) is 17.0 Å². The summed E-state index contributed by atoms with van der Waals surface area (Å²) in [6.07, 6.45) is 0. The lowest BCUT2D eigenvalue weighted by molar-refractivity contribution is -0.139. The molecule has 0 fully saturated rings. The minimum absolute atomic E-state index is 0.0501. The Morgan fingerprint density at radius 2 is 1.81 bits per heavy atom. The lowest BCUT2D eigenvalue weighted by atomic mass is 9.94. The van der Waals surface area contributed by atoms with Crippen LogP contribution in [0.3, 0.4) is 0 Å². The number of aryl methyl sites for hydroxylation is 2. The third-order valence-corrected chi connectivity index (χ3v) is 5.65. The number of esters is 1. The summed E-state index contributed by atoms with van der Waals surface area (Å²) in [6, 6.07) is 10.3. The number of urea groups is 1. The van der Waals surface area contributed by atoms with E-state index in [1.165, 1.54) is 4.90 Å². The number of rotatable bonds is 7. The molecule has 7 nitrogen and oxygen atoms in total. The number of hydrogen-bond acceptors (Lipinski definition) is 5. The van der Waals surface area contributed by atoms with E-state index < -0.39 is 12.0 Å². The van der Waals surface area contributed by atoms with Gasteiger partial charge in [-0.25, -0.2) is 9.59 Å². The van der Waals surface area contributed by atoms with E-state index >= 15 is 0 Å². The van der Waals surface area contributed by atoms with Crippen LogP contribution in [0.1, 0.15) is 35.2 Å². The Morgan fingerprint density at radius 3 is 2.44 bits per heavy atom. The molecule has 32 heavy (non-hydrogen) atoms. The number of nitrogens with zero attached hydrogens (tertiary/aromatic N) is 1. The number of likely N-dealkylation sites (N-methyl/N-ethyl adjacent to an activating group) is 1. The molecule has 0 saturated heterocycles. The zero-order chi connectivity index (χ0) is 23.4. The predicted molar refractivity (Wildman–Crippen MR) is 122 cm³/mol. The van der Waals surface area contributed by atoms with E-state index in [-0.39, 0.29) is 19.2 Å². The van der Waals surface area contributed by atoms with E-state index in [9.17, 15) is 9.59 Å². The lowest BCUT2D eigenvalue weighted by Gasteiger charge is -2.34. The number of carbonyl (C=O) groups excluding carboxylic acids is 2. The fourth-order valence-electron chi connectivity index (χ4n) is 3.72. The van der Waals surface area contributed by atoms with Crippen molar-refractivity contribution in [2.75, 3.05) is 27.4 Å². The Bertz CT molecular complexity index is 1040. The Kier molecular flexibility index (Phi) is 7.08. The number of hydrogen-bond donors (Lipinski definition) is 1. The van der Waals surface area contributed by atoms with Gasteiger partial charge in [-0.05, 0) is 68.1 Å². The number of carbonyl (C=O) groups is 2. The molecule has 0 spiro atoms. The Morgan fingerprint density at radius 1 is 1.12 bits per heavy atom. The van der Waals surface area contributed by atoms with Gasteiger partial charge in [0.15, 0.2) is 0 Å². The summed E-state index contributed by atoms with van der Waals surface area (Å²) in [5, 5.41) is 2.90. The van der Waals surface area contributed by atoms with Crippen molar-refractivity contribution in [2.24, 2.45) is 0 Å². The van der Waals surface area contributed by atoms with Crippen molar-refractivity contribution in [1.82, 2.24) is 10.2 Å². The molecule has 0 bridgehead atoms. The number of methoxy groups -OCH3 is 1. The number of amides is 2. The monoisotopic (exact) mass is 438 g/mol. The van der Waals surface area contributed by atoms with Crippen molar-refractivity contribution in [3.63, 3.8) is 0 Å². The molecule has 7 heteroatoms. The van der Waals surface area contributed by atoms with Crippen LogP contribution in [0.5, 0.6) is 11.5 Å². The van der Waals surface area contributed by atoms with Crippen LogP contribution < -0.4 is 14.8 Å². The van der Waals surface area contributed by atoms with Gasteiger partial charge < -0.3 is 19.5 Å². The van der Waals surface area contributed by atoms with Gasteiger partial charge in [0.05, 0.1) is 31.0 Å². The van der Waals surface area contributed by atoms with Gasteiger partial charge in [-0.2, -0.15) is 0 Å². The first-order chi connectivity index (χ1) is 15.3. The van der Waals surface area contributed by atoms with Crippen molar-refractivity contribution in [3.05, 3.63) is 69.9 Å². The van der Waals surface area contributed by atoms with Crippen molar-refractivity contribution in [3.8, 4) is 11.5 Å². The largest absolute Gasteiger partial charge is 0.497 e. The first-order valence-electron chi connectivity index (χ1n) is 10.6. The minimum atomic E-state index is -0.664. The zero-order valence-electron chi connectivity index (χ0n) is 19.4. The normalized spacial score (nSPS) is 16.0. The van der Waals surface area contributed by atoms with Crippen LogP contribution in [0.25, 0.3) is 0 Å². The SMILES string of the molecule is CCOC(=O)C1=C(COc2cc(C)cc(C)c2C)N(C)C(=O)N[C@H]1c1ccc(OC)cc1. The maximum Gasteiger partial charge on any atom is 0.338 e. The molecule has 1 heterocycles. The first-order valence-corrected chi connectivity index (χ1v) is 10.6. The maximum absolute atomic E-state index is 13.0. The summed E-state index contributed by atoms with van der Waals surface area (Å²) in [7, 11) is 3.20. The fourth-order valence-corrected chi connectivity index (χ4v) is 3.72. The molecule has 0 aliphatic carbocycles. The lowest BCUT2D eigenvalue weighted by Crippen LogP contribution is -2.48. The highest BCUT2D eigenvalue weighted by Crippen LogP contribution is 2.33. The Hall–Kier alpha value is -3.48. The average molecular weight is 439 g/mol. The zero-order valence-corrected chi connectivity index (χ0v) is 19.4. The van der Waals surface area contributed by atoms with E-state index in [4.69, 9.17) is 14.2 Å². The van der Waals surface area contributed by atoms with Gasteiger partial charge in [-0.3, -0.25) is 4.90 Å². The quantitative estimate of drug-likeness (QED) is 0.655. The molecular formula is C25H30N2O5. The predicted octanol–water partition coefficient (Wildman–Crippen LogP) is 4.21. The number of nitrogens with one attached hydrogen (secondary N) is 1. The number of benzene rings is 2. The molecule has 0 aromatic heterocycles. The van der Waals surface area contributed by atoms with E-state index in [0.717, 1.165) is 28.0 Å². The summed E-state index contributed by atoms with van der Waals surface area (Å²) in [6.45, 7) is 8.04. The van der Waals surface area contributed by atoms with Crippen LogP contribution in [0.4, 0.5) is 4.79 Å². The topological polar surface area (TPSA) is 77.1 Å². The molecule has 1 N–H and O–H groups in total. The Labute approximate surface area is 189 Å². The van der Waals surface area contributed by atoms with E-state index in [2.05, 4.69) is 11.4 Å². The van der Waals surface area contributed by atoms with Crippen molar-refractivity contribution in [2.45, 2.75) is 33.7 Å². The van der Waals surface area contributed by atoms with Gasteiger partial charge in [-0.1, -0.05) is 18.2 Å². The molecule has 0 radical (unpaired) electrons. The third-order valence-electron chi connectivity index (χ3n) is 5.65. The minimum Gasteiger partial charge on any atom is -0.497 e. The van der Waals surface area contributed by atoms with Crippen LogP contribution in [0.15, 0.2) is 47.7 Å². The second-order valence-corrected chi connectivity index (χ2v) is 7.79. The molecule has 1 aliphatic rings. The maximum atomic E-state index is 13.0. The fraction of sp³-hybridized carbons (Fsp3) is 0.360. The van der Waals surface area contributed by atoms with Gasteiger partial charge in [-0.15, -0.1) is 0 Å². The van der Waals surface area contributed by atoms with Crippen LogP contribution in [-0.2, 0) is 9.53 Å². The molecule has 1 atom stereocenters. The van der Waals surface area contributed by atoms with Gasteiger partial charge in [0.2, 0.25) is 0 Å². The third kappa shape index (κ3) is 4.72. The van der Waals surface area contributed by atoms with Crippen LogP contribution in [-0.4, -0.2) is 44.3 Å². The molecule has 3 rings (SSSR count). The van der Waals surface area contributed by atoms with Gasteiger partial charge >= 0.3 is 12.0 Å². The average Bonchev–Trinajstić information content (AvgIpc) is 2.77. The second kappa shape index (κ2) is 9.77. The number of ether oxygens (including phenoxy) is 3. The molecule has 1 aliphatic heterocycles. The second-order valence-electron chi connectivity index (χ2n) is 7.79. The highest BCUT2D eigenvalue weighted by molar-refractivity contribution is 5.95. The highest BCUT2D eigenvalue weighted by Gasteiger charge is 2.37. The summed E-state index contributed by atoms with van der Waals surface area (Å²) < 4.78 is 16.7. The molecular weight excluding hydrogens is 408 g/mol. The van der Waals surface area contributed by atoms with Gasteiger partial charge in [0.1, 0.15) is 18.1 Å². The van der Waals surface area contributed by atoms with Gasteiger partial charge in [0.25, 0.3) is 0 Å². The standard InChI is InChI=1S/C25H30N2O5/c1-7-31-24(28)22-20(14-32-21-13-15(2)12-16(3)17(21)4)27(5)25(29)26-23(22)18-8-10-19(30-6)11-9-18/h8-13,23H,7,14H2,1-6H3,(H,26,29)/t23-/m0/s1. The summed E-state index contributed by atoms with van der Waals surface area (Å²) >= 11 is 0. The highest BCUT2D eigenvalue weighted by atomic mass is 16.5. The molecule has 2 aromatic carbocycles. The van der Waals surface area contributed by atoms with Crippen LogP contribution in [0, 0.1) is 20.8 Å². The van der Waals surface area contributed by atoms with Crippen molar-refractivity contribution < 1.29 is 23.8 Å². The summed E-state index contributed by atoms with van der Waals surface area (Å²) in [5.74, 6) is 0.915. The smallest absolute Gasteiger partial charge is 0.338 e. The van der Waals surface area contributed by atoms with Gasteiger partial charge in [0, 0.05) is 7.05 Å². The molecule has 2 aromatic rings. The summed E-state index contributed by atoms with van der Waals surface area (Å²) in [4.78, 5) is 27.2. The van der Waals surface area contributed by atoms with Crippen molar-refractivity contribution >= 4 is 12.0 Å². The van der Waals surface area contributed by atoms with Crippen molar-refractivity contribution in [1.29, 1.82) is 0 Å². The molecule has 170 valence electrons. The summed E-state index contributed by atoms with van der Waals surface area (Å²) in [5.41, 5.74) is 4.77. The first kappa shape index (κ1) is 23.2. The molecule has 0 unspecified atom stereocenters. The van der Waals surface area contributed by atoms with Crippen LogP contribution in [0.2, 0.25) is 0 Å². The van der Waals surface area contributed by atoms with E-state index in [1.807, 2.05) is 39.0 Å². The molecule has 2 amide bonds. The Balaban J connectivity index is 2.05.